The van der Waals surface area contributed by atoms with Crippen molar-refractivity contribution < 1.29 is 4.74 Å². The molecule has 1 saturated heterocycles. The van der Waals surface area contributed by atoms with Gasteiger partial charge in [-0.3, -0.25) is 9.36 Å². The number of nitrogens with one attached hydrogen (secondary N) is 3. The summed E-state index contributed by atoms with van der Waals surface area (Å²) in [5.74, 6) is 0.854. The van der Waals surface area contributed by atoms with Crippen LogP contribution in [0.3, 0.4) is 0 Å². The zero-order valence-corrected chi connectivity index (χ0v) is 15.2. The highest BCUT2D eigenvalue weighted by molar-refractivity contribution is 7.71. The van der Waals surface area contributed by atoms with E-state index < -0.39 is 0 Å². The molecule has 0 saturated carbocycles. The number of rotatable bonds is 4. The van der Waals surface area contributed by atoms with Crippen LogP contribution in [0.1, 0.15) is 31.1 Å². The van der Waals surface area contributed by atoms with Gasteiger partial charge in [0.1, 0.15) is 11.9 Å². The van der Waals surface area contributed by atoms with Crippen molar-refractivity contribution in [1.82, 2.24) is 20.4 Å². The number of fused-ring (bicyclic) bond motifs is 1. The highest BCUT2D eigenvalue weighted by Gasteiger charge is 2.28. The molecular formula is C19H20N4O2S. The first kappa shape index (κ1) is 17.0. The van der Waals surface area contributed by atoms with Crippen molar-refractivity contribution in [3.63, 3.8) is 0 Å². The molecular weight excluding hydrogens is 348 g/mol. The molecule has 1 aliphatic rings. The van der Waals surface area contributed by atoms with Gasteiger partial charge in [-0.25, -0.2) is 10.9 Å². The standard InChI is InChI=1S/C19H20N4O2S/c1-2-25-13-9-7-12(8-10-13)16-11-17(22-21-16)23-18(24)14-5-3-4-6-15(14)20-19(23)26/h3-10,16-17,21-22H,2,11H2,1H3,(H,20,26). The summed E-state index contributed by atoms with van der Waals surface area (Å²) in [6.07, 6.45) is 0.497. The van der Waals surface area contributed by atoms with Gasteiger partial charge in [-0.2, -0.15) is 0 Å². The second kappa shape index (κ2) is 7.03. The second-order valence-electron chi connectivity index (χ2n) is 6.25. The Morgan fingerprint density at radius 1 is 1.15 bits per heavy atom. The predicted octanol–water partition coefficient (Wildman–Crippen LogP) is 3.20. The van der Waals surface area contributed by atoms with Crippen LogP contribution in [0, 0.1) is 4.77 Å². The lowest BCUT2D eigenvalue weighted by Gasteiger charge is -2.14. The Morgan fingerprint density at radius 2 is 1.92 bits per heavy atom. The van der Waals surface area contributed by atoms with Crippen LogP contribution in [0.15, 0.2) is 53.3 Å². The molecule has 2 atom stereocenters. The van der Waals surface area contributed by atoms with Crippen LogP contribution in [0.2, 0.25) is 0 Å². The third-order valence-corrected chi connectivity index (χ3v) is 4.92. The molecule has 1 aliphatic heterocycles. The number of aromatic nitrogens is 2. The Morgan fingerprint density at radius 3 is 2.69 bits per heavy atom. The van der Waals surface area contributed by atoms with Crippen molar-refractivity contribution in [2.45, 2.75) is 25.6 Å². The van der Waals surface area contributed by atoms with Crippen molar-refractivity contribution in [2.24, 2.45) is 0 Å². The number of para-hydroxylation sites is 1. The van der Waals surface area contributed by atoms with E-state index in [-0.39, 0.29) is 17.8 Å². The lowest BCUT2D eigenvalue weighted by molar-refractivity contribution is 0.340. The molecule has 0 radical (unpaired) electrons. The average molecular weight is 368 g/mol. The molecule has 4 rings (SSSR count). The van der Waals surface area contributed by atoms with Crippen molar-refractivity contribution >= 4 is 23.1 Å². The highest BCUT2D eigenvalue weighted by atomic mass is 32.1. The summed E-state index contributed by atoms with van der Waals surface area (Å²) < 4.78 is 7.51. The van der Waals surface area contributed by atoms with Gasteiger partial charge in [0.05, 0.1) is 17.5 Å². The normalized spacial score (nSPS) is 19.7. The van der Waals surface area contributed by atoms with Gasteiger partial charge in [0.25, 0.3) is 5.56 Å². The van der Waals surface area contributed by atoms with Gasteiger partial charge in [-0.1, -0.05) is 24.3 Å². The minimum absolute atomic E-state index is 0.0865. The van der Waals surface area contributed by atoms with Crippen molar-refractivity contribution in [3.8, 4) is 5.75 Å². The number of nitrogens with zero attached hydrogens (tertiary/aromatic N) is 1. The molecule has 7 heteroatoms. The molecule has 2 heterocycles. The summed E-state index contributed by atoms with van der Waals surface area (Å²) >= 11 is 5.43. The summed E-state index contributed by atoms with van der Waals surface area (Å²) in [6, 6.07) is 15.5. The van der Waals surface area contributed by atoms with E-state index in [4.69, 9.17) is 17.0 Å². The molecule has 2 aromatic carbocycles. The molecule has 3 N–H and O–H groups in total. The first-order valence-corrected chi connectivity index (χ1v) is 9.05. The molecule has 134 valence electrons. The second-order valence-corrected chi connectivity index (χ2v) is 6.63. The number of H-pyrrole nitrogens is 1. The van der Waals surface area contributed by atoms with Crippen molar-refractivity contribution in [2.75, 3.05) is 6.61 Å². The number of hydrogen-bond donors (Lipinski definition) is 3. The Hall–Kier alpha value is -2.48. The number of benzene rings is 2. The van der Waals surface area contributed by atoms with Gasteiger partial charge >= 0.3 is 0 Å². The van der Waals surface area contributed by atoms with Gasteiger partial charge < -0.3 is 9.72 Å². The van der Waals surface area contributed by atoms with E-state index in [1.54, 1.807) is 4.57 Å². The lowest BCUT2D eigenvalue weighted by Crippen LogP contribution is -2.35. The largest absolute Gasteiger partial charge is 0.494 e. The zero-order valence-electron chi connectivity index (χ0n) is 14.4. The molecule has 1 aromatic heterocycles. The number of hydrazine groups is 1. The van der Waals surface area contributed by atoms with Gasteiger partial charge in [-0.05, 0) is 49.0 Å². The summed E-state index contributed by atoms with van der Waals surface area (Å²) in [7, 11) is 0. The van der Waals surface area contributed by atoms with Gasteiger partial charge in [0.15, 0.2) is 4.77 Å². The SMILES string of the molecule is CCOc1ccc(C2CC(n3c(=S)[nH]c4ccccc4c3=O)NN2)cc1. The van der Waals surface area contributed by atoms with Crippen molar-refractivity contribution in [1.29, 1.82) is 0 Å². The fourth-order valence-corrected chi connectivity index (χ4v) is 3.67. The Balaban J connectivity index is 1.62. The van der Waals surface area contributed by atoms with Crippen LogP contribution < -0.4 is 21.1 Å². The van der Waals surface area contributed by atoms with E-state index in [2.05, 4.69) is 15.8 Å². The predicted molar refractivity (Wildman–Crippen MR) is 104 cm³/mol. The summed E-state index contributed by atoms with van der Waals surface area (Å²) in [5.41, 5.74) is 8.27. The quantitative estimate of drug-likeness (QED) is 0.617. The maximum atomic E-state index is 12.9. The minimum atomic E-state index is -0.215. The lowest BCUT2D eigenvalue weighted by atomic mass is 10.0. The smallest absolute Gasteiger partial charge is 0.263 e. The number of aromatic amines is 1. The van der Waals surface area contributed by atoms with Gasteiger partial charge in [-0.15, -0.1) is 0 Å². The zero-order chi connectivity index (χ0) is 18.1. The molecule has 6 nitrogen and oxygen atoms in total. The third kappa shape index (κ3) is 3.05. The summed E-state index contributed by atoms with van der Waals surface area (Å²) in [6.45, 7) is 2.61. The van der Waals surface area contributed by atoms with Crippen LogP contribution in [0.25, 0.3) is 10.9 Å². The molecule has 0 aliphatic carbocycles. The topological polar surface area (TPSA) is 71.1 Å². The first-order chi connectivity index (χ1) is 12.7. The highest BCUT2D eigenvalue weighted by Crippen LogP contribution is 2.28. The van der Waals surface area contributed by atoms with Crippen LogP contribution >= 0.6 is 12.2 Å². The fourth-order valence-electron chi connectivity index (χ4n) is 3.35. The van der Waals surface area contributed by atoms with E-state index >= 15 is 0 Å². The average Bonchev–Trinajstić information content (AvgIpc) is 3.12. The maximum Gasteiger partial charge on any atom is 0.263 e. The molecule has 0 spiro atoms. The molecule has 1 fully saturated rings. The van der Waals surface area contributed by atoms with Crippen LogP contribution in [-0.4, -0.2) is 16.2 Å². The molecule has 0 amide bonds. The van der Waals surface area contributed by atoms with E-state index in [0.717, 1.165) is 16.8 Å². The Bertz CT molecular complexity index is 1040. The summed E-state index contributed by atoms with van der Waals surface area (Å²) in [5, 5.41) is 0.632. The van der Waals surface area contributed by atoms with Crippen LogP contribution in [0.5, 0.6) is 5.75 Å². The fraction of sp³-hybridized carbons (Fsp3) is 0.263. The van der Waals surface area contributed by atoms with Crippen molar-refractivity contribution in [3.05, 3.63) is 69.2 Å². The Kier molecular flexibility index (Phi) is 4.58. The molecule has 3 aromatic rings. The third-order valence-electron chi connectivity index (χ3n) is 4.62. The van der Waals surface area contributed by atoms with E-state index in [0.29, 0.717) is 23.2 Å². The van der Waals surface area contributed by atoms with Gasteiger partial charge in [0.2, 0.25) is 0 Å². The number of ether oxygens (including phenoxy) is 1. The van der Waals surface area contributed by atoms with E-state index in [1.807, 2.05) is 55.5 Å². The molecule has 0 bridgehead atoms. The molecule has 2 unspecified atom stereocenters. The summed E-state index contributed by atoms with van der Waals surface area (Å²) in [4.78, 5) is 16.0. The van der Waals surface area contributed by atoms with E-state index in [1.165, 1.54) is 0 Å². The van der Waals surface area contributed by atoms with Crippen LogP contribution in [-0.2, 0) is 0 Å². The van der Waals surface area contributed by atoms with Crippen LogP contribution in [0.4, 0.5) is 0 Å². The number of hydrogen-bond acceptors (Lipinski definition) is 5. The van der Waals surface area contributed by atoms with Gasteiger partial charge in [0, 0.05) is 12.5 Å². The Labute approximate surface area is 155 Å². The maximum absolute atomic E-state index is 12.9. The monoisotopic (exact) mass is 368 g/mol. The minimum Gasteiger partial charge on any atom is -0.494 e. The van der Waals surface area contributed by atoms with E-state index in [9.17, 15) is 4.79 Å². The molecule has 26 heavy (non-hydrogen) atoms. The first-order valence-electron chi connectivity index (χ1n) is 8.64.